The molecule has 0 saturated heterocycles. The van der Waals surface area contributed by atoms with Crippen LogP contribution >= 0.6 is 11.3 Å². The molecule has 2 N–H and O–H groups in total. The SMILES string of the molecule is CC(C)Cc1ccc(C(C)NC(=O)CCCNC(=O)c2ccsc2)cc1. The Morgan fingerprint density at radius 2 is 1.81 bits per heavy atom. The molecule has 2 rings (SSSR count). The van der Waals surface area contributed by atoms with Gasteiger partial charge in [0.25, 0.3) is 5.91 Å². The van der Waals surface area contributed by atoms with Gasteiger partial charge in [0.05, 0.1) is 6.04 Å². The molecule has 1 atom stereocenters. The molecule has 0 spiro atoms. The Morgan fingerprint density at radius 3 is 2.42 bits per heavy atom. The van der Waals surface area contributed by atoms with E-state index >= 15 is 0 Å². The molecule has 2 amide bonds. The van der Waals surface area contributed by atoms with Crippen molar-refractivity contribution in [3.05, 3.63) is 57.8 Å². The summed E-state index contributed by atoms with van der Waals surface area (Å²) in [5.41, 5.74) is 3.11. The van der Waals surface area contributed by atoms with Gasteiger partial charge in [-0.3, -0.25) is 9.59 Å². The van der Waals surface area contributed by atoms with E-state index in [0.29, 0.717) is 30.9 Å². The van der Waals surface area contributed by atoms with Crippen LogP contribution in [0.3, 0.4) is 0 Å². The van der Waals surface area contributed by atoms with Gasteiger partial charge in [-0.25, -0.2) is 0 Å². The van der Waals surface area contributed by atoms with Gasteiger partial charge < -0.3 is 10.6 Å². The highest BCUT2D eigenvalue weighted by atomic mass is 32.1. The molecule has 1 heterocycles. The van der Waals surface area contributed by atoms with E-state index in [1.54, 1.807) is 6.07 Å². The lowest BCUT2D eigenvalue weighted by molar-refractivity contribution is -0.121. The Morgan fingerprint density at radius 1 is 1.08 bits per heavy atom. The molecule has 26 heavy (non-hydrogen) atoms. The maximum absolute atomic E-state index is 12.1. The number of carbonyl (C=O) groups excluding carboxylic acids is 2. The Bertz CT molecular complexity index is 693. The number of hydrogen-bond donors (Lipinski definition) is 2. The van der Waals surface area contributed by atoms with Gasteiger partial charge in [0.15, 0.2) is 0 Å². The summed E-state index contributed by atoms with van der Waals surface area (Å²) >= 11 is 1.50. The van der Waals surface area contributed by atoms with E-state index in [4.69, 9.17) is 0 Å². The zero-order chi connectivity index (χ0) is 18.9. The molecule has 0 saturated carbocycles. The Hall–Kier alpha value is -2.14. The van der Waals surface area contributed by atoms with Crippen LogP contribution in [-0.2, 0) is 11.2 Å². The molecule has 0 aliphatic rings. The van der Waals surface area contributed by atoms with Crippen molar-refractivity contribution >= 4 is 23.2 Å². The van der Waals surface area contributed by atoms with E-state index < -0.39 is 0 Å². The highest BCUT2D eigenvalue weighted by Gasteiger charge is 2.10. The molecule has 140 valence electrons. The topological polar surface area (TPSA) is 58.2 Å². The van der Waals surface area contributed by atoms with Crippen molar-refractivity contribution in [3.8, 4) is 0 Å². The van der Waals surface area contributed by atoms with E-state index in [0.717, 1.165) is 12.0 Å². The standard InChI is InChI=1S/C21H28N2O2S/c1-15(2)13-17-6-8-18(9-7-17)16(3)23-20(24)5-4-11-22-21(25)19-10-12-26-14-19/h6-10,12,14-16H,4-5,11,13H2,1-3H3,(H,22,25)(H,23,24). The molecular weight excluding hydrogens is 344 g/mol. The van der Waals surface area contributed by atoms with Crippen molar-refractivity contribution in [1.29, 1.82) is 0 Å². The van der Waals surface area contributed by atoms with Crippen molar-refractivity contribution in [2.45, 2.75) is 46.1 Å². The van der Waals surface area contributed by atoms with Crippen molar-refractivity contribution < 1.29 is 9.59 Å². The average Bonchev–Trinajstić information content (AvgIpc) is 3.13. The fraction of sp³-hybridized carbons (Fsp3) is 0.429. The molecule has 0 aliphatic carbocycles. The molecule has 2 aromatic rings. The predicted molar refractivity (Wildman–Crippen MR) is 107 cm³/mol. The minimum absolute atomic E-state index is 0.00791. The summed E-state index contributed by atoms with van der Waals surface area (Å²) in [6.45, 7) is 6.91. The average molecular weight is 373 g/mol. The molecule has 1 aromatic heterocycles. The molecule has 5 heteroatoms. The van der Waals surface area contributed by atoms with Gasteiger partial charge in [0.1, 0.15) is 0 Å². The number of benzene rings is 1. The van der Waals surface area contributed by atoms with Crippen molar-refractivity contribution in [3.63, 3.8) is 0 Å². The Balaban J connectivity index is 1.69. The molecule has 0 bridgehead atoms. The first-order valence-electron chi connectivity index (χ1n) is 9.14. The summed E-state index contributed by atoms with van der Waals surface area (Å²) in [6, 6.07) is 10.2. The largest absolute Gasteiger partial charge is 0.352 e. The first-order chi connectivity index (χ1) is 12.5. The van der Waals surface area contributed by atoms with Gasteiger partial charge in [-0.1, -0.05) is 38.1 Å². The zero-order valence-corrected chi connectivity index (χ0v) is 16.6. The molecule has 0 radical (unpaired) electrons. The summed E-state index contributed by atoms with van der Waals surface area (Å²) in [6.07, 6.45) is 2.10. The fourth-order valence-corrected chi connectivity index (χ4v) is 3.39. The van der Waals surface area contributed by atoms with Gasteiger partial charge in [0.2, 0.25) is 5.91 Å². The van der Waals surface area contributed by atoms with Crippen LogP contribution in [0.5, 0.6) is 0 Å². The lowest BCUT2D eigenvalue weighted by Gasteiger charge is -2.15. The maximum Gasteiger partial charge on any atom is 0.252 e. The first kappa shape index (κ1) is 20.2. The maximum atomic E-state index is 12.1. The summed E-state index contributed by atoms with van der Waals surface area (Å²) in [5, 5.41) is 9.55. The lowest BCUT2D eigenvalue weighted by Crippen LogP contribution is -2.28. The number of carbonyl (C=O) groups is 2. The highest BCUT2D eigenvalue weighted by Crippen LogP contribution is 2.15. The molecule has 0 fully saturated rings. The summed E-state index contributed by atoms with van der Waals surface area (Å²) in [5.74, 6) is 0.563. The van der Waals surface area contributed by atoms with Crippen molar-refractivity contribution in [2.75, 3.05) is 6.54 Å². The molecule has 1 unspecified atom stereocenters. The van der Waals surface area contributed by atoms with Crippen LogP contribution in [0.2, 0.25) is 0 Å². The van der Waals surface area contributed by atoms with Gasteiger partial charge in [-0.05, 0) is 48.3 Å². The normalized spacial score (nSPS) is 12.0. The first-order valence-corrected chi connectivity index (χ1v) is 10.1. The van der Waals surface area contributed by atoms with Gasteiger partial charge >= 0.3 is 0 Å². The van der Waals surface area contributed by atoms with Crippen molar-refractivity contribution in [2.24, 2.45) is 5.92 Å². The van der Waals surface area contributed by atoms with Crippen LogP contribution in [0, 0.1) is 5.92 Å². The summed E-state index contributed by atoms with van der Waals surface area (Å²) in [7, 11) is 0. The molecule has 1 aromatic carbocycles. The number of amides is 2. The minimum atomic E-state index is -0.0819. The summed E-state index contributed by atoms with van der Waals surface area (Å²) in [4.78, 5) is 23.9. The van der Waals surface area contributed by atoms with E-state index in [-0.39, 0.29) is 17.9 Å². The van der Waals surface area contributed by atoms with Crippen LogP contribution < -0.4 is 10.6 Å². The van der Waals surface area contributed by atoms with Crippen LogP contribution in [0.4, 0.5) is 0 Å². The van der Waals surface area contributed by atoms with Gasteiger partial charge in [-0.15, -0.1) is 0 Å². The fourth-order valence-electron chi connectivity index (χ4n) is 2.76. The number of hydrogen-bond acceptors (Lipinski definition) is 3. The van der Waals surface area contributed by atoms with E-state index in [1.807, 2.05) is 17.7 Å². The van der Waals surface area contributed by atoms with Crippen LogP contribution in [-0.4, -0.2) is 18.4 Å². The molecule has 0 aliphatic heterocycles. The zero-order valence-electron chi connectivity index (χ0n) is 15.7. The van der Waals surface area contributed by atoms with E-state index in [2.05, 4.69) is 48.7 Å². The second-order valence-corrected chi connectivity index (χ2v) is 7.78. The van der Waals surface area contributed by atoms with Crippen molar-refractivity contribution in [1.82, 2.24) is 10.6 Å². The van der Waals surface area contributed by atoms with Crippen LogP contribution in [0.25, 0.3) is 0 Å². The second kappa shape index (κ2) is 10.1. The van der Waals surface area contributed by atoms with E-state index in [1.165, 1.54) is 16.9 Å². The molecule has 4 nitrogen and oxygen atoms in total. The van der Waals surface area contributed by atoms with Crippen LogP contribution in [0.1, 0.15) is 61.1 Å². The van der Waals surface area contributed by atoms with Gasteiger partial charge in [-0.2, -0.15) is 11.3 Å². The summed E-state index contributed by atoms with van der Waals surface area (Å²) < 4.78 is 0. The van der Waals surface area contributed by atoms with Gasteiger partial charge in [0, 0.05) is 23.9 Å². The van der Waals surface area contributed by atoms with E-state index in [9.17, 15) is 9.59 Å². The number of nitrogens with one attached hydrogen (secondary N) is 2. The Labute approximate surface area is 160 Å². The Kier molecular flexibility index (Phi) is 7.85. The number of rotatable bonds is 9. The third-order valence-electron chi connectivity index (χ3n) is 4.15. The quantitative estimate of drug-likeness (QED) is 0.644. The third kappa shape index (κ3) is 6.64. The number of thiophene rings is 1. The second-order valence-electron chi connectivity index (χ2n) is 7.00. The molecular formula is C21H28N2O2S. The monoisotopic (exact) mass is 372 g/mol. The minimum Gasteiger partial charge on any atom is -0.352 e. The predicted octanol–water partition coefficient (Wildman–Crippen LogP) is 4.33. The third-order valence-corrected chi connectivity index (χ3v) is 4.83. The van der Waals surface area contributed by atoms with Crippen LogP contribution in [0.15, 0.2) is 41.1 Å². The smallest absolute Gasteiger partial charge is 0.252 e. The highest BCUT2D eigenvalue weighted by molar-refractivity contribution is 7.08. The lowest BCUT2D eigenvalue weighted by atomic mass is 10.00.